The Bertz CT molecular complexity index is 1150. The number of hydrogen-bond acceptors (Lipinski definition) is 10. The van der Waals surface area contributed by atoms with Crippen molar-refractivity contribution in [2.24, 2.45) is 0 Å². The van der Waals surface area contributed by atoms with Gasteiger partial charge >= 0.3 is 5.97 Å². The number of carboxylic acid groups (broad SMARTS) is 1. The average molecular weight is 661 g/mol. The molecule has 0 aromatic carbocycles. The summed E-state index contributed by atoms with van der Waals surface area (Å²) in [6.07, 6.45) is 23.3. The van der Waals surface area contributed by atoms with Gasteiger partial charge < -0.3 is 28.8 Å². The number of methoxy groups -OCH3 is 4. The second-order valence-electron chi connectivity index (χ2n) is 11.1. The van der Waals surface area contributed by atoms with Crippen LogP contribution in [0.25, 0.3) is 0 Å². The number of hydrogen-bond donors (Lipinski definition) is 1. The Hall–Kier alpha value is -3.99. The average Bonchev–Trinajstić information content (AvgIpc) is 3.05. The van der Waals surface area contributed by atoms with Crippen LogP contribution in [0.1, 0.15) is 96.8 Å². The van der Waals surface area contributed by atoms with Crippen LogP contribution in [0.15, 0.2) is 58.5 Å². The summed E-state index contributed by atoms with van der Waals surface area (Å²) in [5, 5.41) is 8.51. The van der Waals surface area contributed by atoms with E-state index in [1.54, 1.807) is 0 Å². The van der Waals surface area contributed by atoms with E-state index in [2.05, 4.69) is 19.1 Å². The van der Waals surface area contributed by atoms with Crippen molar-refractivity contribution < 1.29 is 52.8 Å². The van der Waals surface area contributed by atoms with Crippen LogP contribution in [-0.2, 0) is 47.7 Å². The molecular weight excluding hydrogens is 608 g/mol. The van der Waals surface area contributed by atoms with Crippen LogP contribution in [0.5, 0.6) is 0 Å². The summed E-state index contributed by atoms with van der Waals surface area (Å²) in [6.45, 7) is 1.57. The second-order valence-corrected chi connectivity index (χ2v) is 11.1. The van der Waals surface area contributed by atoms with Crippen molar-refractivity contribution in [2.45, 2.75) is 96.8 Å². The molecule has 0 bridgehead atoms. The number of ether oxygens (including phenoxy) is 5. The van der Waals surface area contributed by atoms with Gasteiger partial charge in [0.05, 0.1) is 52.8 Å². The predicted molar refractivity (Wildman–Crippen MR) is 176 cm³/mol. The summed E-state index contributed by atoms with van der Waals surface area (Å²) in [5.41, 5.74) is -0.114. The summed E-state index contributed by atoms with van der Waals surface area (Å²) in [7, 11) is 5.01. The van der Waals surface area contributed by atoms with Crippen molar-refractivity contribution in [1.82, 2.24) is 0 Å². The normalized spacial score (nSPS) is 15.0. The Morgan fingerprint density at radius 1 is 0.617 bits per heavy atom. The van der Waals surface area contributed by atoms with Crippen molar-refractivity contribution in [1.29, 1.82) is 0 Å². The van der Waals surface area contributed by atoms with Crippen molar-refractivity contribution in [2.75, 3.05) is 41.7 Å². The Labute approximate surface area is 278 Å². The zero-order valence-electron chi connectivity index (χ0n) is 28.7. The van der Waals surface area contributed by atoms with Gasteiger partial charge in [-0.25, -0.2) is 0 Å². The van der Waals surface area contributed by atoms with Gasteiger partial charge in [-0.1, -0.05) is 70.4 Å². The van der Waals surface area contributed by atoms with E-state index in [9.17, 15) is 24.0 Å². The zero-order valence-corrected chi connectivity index (χ0v) is 28.7. The van der Waals surface area contributed by atoms with E-state index in [4.69, 9.17) is 28.8 Å². The van der Waals surface area contributed by atoms with Gasteiger partial charge in [-0.15, -0.1) is 0 Å². The Morgan fingerprint density at radius 3 is 1.40 bits per heavy atom. The van der Waals surface area contributed by atoms with E-state index < -0.39 is 29.1 Å². The number of carboxylic acids is 1. The maximum atomic E-state index is 12.3. The van der Waals surface area contributed by atoms with Crippen LogP contribution >= 0.6 is 0 Å². The molecule has 0 saturated heterocycles. The van der Waals surface area contributed by atoms with Crippen LogP contribution in [0.4, 0.5) is 0 Å². The van der Waals surface area contributed by atoms with Gasteiger partial charge in [-0.3, -0.25) is 24.0 Å². The quantitative estimate of drug-likeness (QED) is 0.0749. The lowest BCUT2D eigenvalue weighted by molar-refractivity contribution is -0.137. The minimum absolute atomic E-state index is 0.0569. The summed E-state index contributed by atoms with van der Waals surface area (Å²) in [5.74, 6) is -3.54. The molecule has 0 radical (unpaired) electrons. The summed E-state index contributed by atoms with van der Waals surface area (Å²) >= 11 is 0. The molecule has 0 heterocycles. The van der Waals surface area contributed by atoms with Gasteiger partial charge in [0.1, 0.15) is 0 Å². The number of Topliss-reactive ketones (excluding diaryl/α,β-unsaturated/α-hetero) is 2. The van der Waals surface area contributed by atoms with Crippen LogP contribution in [0.3, 0.4) is 0 Å². The molecule has 262 valence electrons. The number of carbonyl (C=O) groups is 5. The van der Waals surface area contributed by atoms with E-state index in [-0.39, 0.29) is 47.4 Å². The standard InChI is InChI=1S/C18H18O9.C18H34O2/c1-23-13-5-11(19)17(25-3)9(15(13)21)7-27-8-10-16(22)14(24-2)6-12(20)18(10)26-4;1-2-3-4-5-6-7-8-9-10-11-12-13-14-15-16-17-18(19)20/h5-6H,7-8H2,1-4H3;9-10H,2-8,11-17H2,1H3,(H,19,20)/b;10-9-. The Balaban J connectivity index is 0.000000494. The maximum Gasteiger partial charge on any atom is 0.303 e. The lowest BCUT2D eigenvalue weighted by Gasteiger charge is -2.19. The highest BCUT2D eigenvalue weighted by atomic mass is 16.5. The molecule has 47 heavy (non-hydrogen) atoms. The van der Waals surface area contributed by atoms with Crippen molar-refractivity contribution in [3.8, 4) is 0 Å². The van der Waals surface area contributed by atoms with Gasteiger partial charge in [0, 0.05) is 18.6 Å². The molecule has 0 amide bonds. The van der Waals surface area contributed by atoms with Crippen LogP contribution < -0.4 is 0 Å². The fraction of sp³-hybridized carbons (Fsp3) is 0.583. The first kappa shape index (κ1) is 41.0. The van der Waals surface area contributed by atoms with E-state index in [1.807, 2.05) is 0 Å². The maximum absolute atomic E-state index is 12.3. The molecule has 11 nitrogen and oxygen atoms in total. The molecule has 0 aliphatic heterocycles. The first-order chi connectivity index (χ1) is 22.7. The molecule has 2 rings (SSSR count). The minimum atomic E-state index is -0.664. The Morgan fingerprint density at radius 2 is 1.02 bits per heavy atom. The molecule has 2 aliphatic rings. The lowest BCUT2D eigenvalue weighted by atomic mass is 9.99. The summed E-state index contributed by atoms with van der Waals surface area (Å²) < 4.78 is 25.1. The molecule has 0 fully saturated rings. The molecule has 1 N–H and O–H groups in total. The van der Waals surface area contributed by atoms with Gasteiger partial charge in [-0.2, -0.15) is 0 Å². The monoisotopic (exact) mass is 660 g/mol. The highest BCUT2D eigenvalue weighted by Crippen LogP contribution is 2.23. The van der Waals surface area contributed by atoms with Crippen molar-refractivity contribution in [3.05, 3.63) is 58.5 Å². The number of rotatable bonds is 23. The highest BCUT2D eigenvalue weighted by Gasteiger charge is 2.33. The van der Waals surface area contributed by atoms with Crippen molar-refractivity contribution >= 4 is 29.1 Å². The fourth-order valence-electron chi connectivity index (χ4n) is 4.92. The molecule has 11 heteroatoms. The summed E-state index contributed by atoms with van der Waals surface area (Å²) in [6, 6.07) is 0. The fourth-order valence-corrected chi connectivity index (χ4v) is 4.92. The van der Waals surface area contributed by atoms with Crippen LogP contribution in [0.2, 0.25) is 0 Å². The van der Waals surface area contributed by atoms with E-state index >= 15 is 0 Å². The predicted octanol–water partition coefficient (Wildman–Crippen LogP) is 6.28. The largest absolute Gasteiger partial charge is 0.492 e. The van der Waals surface area contributed by atoms with E-state index in [0.717, 1.165) is 25.0 Å². The van der Waals surface area contributed by atoms with Crippen LogP contribution in [-0.4, -0.2) is 75.9 Å². The smallest absolute Gasteiger partial charge is 0.303 e. The number of ketones is 4. The molecule has 0 aromatic rings. The molecule has 0 spiro atoms. The zero-order chi connectivity index (χ0) is 35.0. The molecular formula is C36H52O11. The molecule has 0 saturated carbocycles. The van der Waals surface area contributed by atoms with Crippen LogP contribution in [0, 0.1) is 0 Å². The third-order valence-electron chi connectivity index (χ3n) is 7.51. The third-order valence-corrected chi connectivity index (χ3v) is 7.51. The van der Waals surface area contributed by atoms with Gasteiger partial charge in [0.15, 0.2) is 23.0 Å². The summed E-state index contributed by atoms with van der Waals surface area (Å²) in [4.78, 5) is 59.0. The SMILES string of the molecule is CCCCCCCC/C=C\CCCCCCCC(=O)O.COC1=CC(=O)C(OC)=C(COCC2=C(OC)C(=O)C=C(OC)C2=O)C1=O. The second kappa shape index (κ2) is 24.2. The number of aliphatic carboxylic acids is 1. The topological polar surface area (TPSA) is 152 Å². The molecule has 0 atom stereocenters. The third kappa shape index (κ3) is 15.0. The lowest BCUT2D eigenvalue weighted by Crippen LogP contribution is -2.27. The first-order valence-corrected chi connectivity index (χ1v) is 16.3. The highest BCUT2D eigenvalue weighted by molar-refractivity contribution is 6.22. The molecule has 0 aromatic heterocycles. The van der Waals surface area contributed by atoms with E-state index in [1.165, 1.54) is 99.1 Å². The van der Waals surface area contributed by atoms with Crippen molar-refractivity contribution in [3.63, 3.8) is 0 Å². The van der Waals surface area contributed by atoms with Gasteiger partial charge in [0.25, 0.3) is 0 Å². The first-order valence-electron chi connectivity index (χ1n) is 16.3. The number of carbonyl (C=O) groups excluding carboxylic acids is 4. The van der Waals surface area contributed by atoms with Gasteiger partial charge in [-0.05, 0) is 32.1 Å². The number of allylic oxidation sites excluding steroid dienone is 6. The van der Waals surface area contributed by atoms with E-state index in [0.29, 0.717) is 6.42 Å². The molecule has 2 aliphatic carbocycles. The number of unbranched alkanes of at least 4 members (excludes halogenated alkanes) is 11. The molecule has 0 unspecified atom stereocenters. The minimum Gasteiger partial charge on any atom is -0.492 e. The Kier molecular flexibility index (Phi) is 21.1. The van der Waals surface area contributed by atoms with Gasteiger partial charge in [0.2, 0.25) is 23.1 Å².